The number of carboxylic acid groups (broad SMARTS) is 1. The summed E-state index contributed by atoms with van der Waals surface area (Å²) in [5.41, 5.74) is 0. The van der Waals surface area contributed by atoms with Crippen LogP contribution in [0.5, 0.6) is 0 Å². The topological polar surface area (TPSA) is 96.4 Å². The van der Waals surface area contributed by atoms with Crippen LogP contribution in [0.1, 0.15) is 19.3 Å². The van der Waals surface area contributed by atoms with Gasteiger partial charge in [0.05, 0.1) is 5.92 Å². The van der Waals surface area contributed by atoms with Crippen LogP contribution in [-0.4, -0.2) is 30.5 Å². The highest BCUT2D eigenvalue weighted by Crippen LogP contribution is 2.26. The molecular weight excluding hydrogens is 256 g/mol. The molecule has 0 radical (unpaired) electrons. The molecule has 1 fully saturated rings. The summed E-state index contributed by atoms with van der Waals surface area (Å²) in [6.07, 6.45) is 4.17. The molecule has 6 nitrogen and oxygen atoms in total. The zero-order valence-electron chi connectivity index (χ0n) is 9.61. The predicted molar refractivity (Wildman–Crippen MR) is 63.3 cm³/mol. The van der Waals surface area contributed by atoms with E-state index >= 15 is 0 Å². The molecule has 1 saturated carbocycles. The molecule has 0 amide bonds. The Morgan fingerprint density at radius 2 is 2.22 bits per heavy atom. The van der Waals surface area contributed by atoms with Gasteiger partial charge < -0.3 is 5.11 Å². The third-order valence-corrected chi connectivity index (χ3v) is 4.55. The second-order valence-electron chi connectivity index (χ2n) is 4.36. The molecule has 98 valence electrons. The molecule has 2 atom stereocenters. The number of carbonyl (C=O) groups is 1. The average molecular weight is 270 g/mol. The van der Waals surface area contributed by atoms with Gasteiger partial charge in [0.15, 0.2) is 0 Å². The van der Waals surface area contributed by atoms with E-state index in [1.165, 1.54) is 18.5 Å². The number of nitrogens with zero attached hydrogens (tertiary/aromatic N) is 1. The molecule has 18 heavy (non-hydrogen) atoms. The number of aliphatic carboxylic acids is 1. The molecule has 7 heteroatoms. The molecule has 1 heterocycles. The van der Waals surface area contributed by atoms with Crippen LogP contribution < -0.4 is 4.72 Å². The second-order valence-corrected chi connectivity index (χ2v) is 6.07. The standard InChI is InChI=1S/C11H14N2O4S/c14-11(15)8-3-4-9(6-8)13-18(16,17)10-2-1-5-12-7-10/h1-2,5,7-9,13H,3-4,6H2,(H,14,15). The van der Waals surface area contributed by atoms with E-state index in [1.54, 1.807) is 6.07 Å². The monoisotopic (exact) mass is 270 g/mol. The van der Waals surface area contributed by atoms with Crippen molar-refractivity contribution in [1.29, 1.82) is 0 Å². The molecule has 1 aromatic rings. The smallest absolute Gasteiger partial charge is 0.306 e. The highest BCUT2D eigenvalue weighted by molar-refractivity contribution is 7.89. The minimum atomic E-state index is -3.60. The molecule has 1 aromatic heterocycles. The van der Waals surface area contributed by atoms with Gasteiger partial charge in [0.25, 0.3) is 0 Å². The van der Waals surface area contributed by atoms with Crippen molar-refractivity contribution in [3.05, 3.63) is 24.5 Å². The average Bonchev–Trinajstić information content (AvgIpc) is 2.78. The molecule has 1 aliphatic carbocycles. The Balaban J connectivity index is 2.05. The van der Waals surface area contributed by atoms with E-state index in [9.17, 15) is 13.2 Å². The van der Waals surface area contributed by atoms with Gasteiger partial charge >= 0.3 is 5.97 Å². The summed E-state index contributed by atoms with van der Waals surface area (Å²) in [6, 6.07) is 2.69. The molecule has 2 rings (SSSR count). The van der Waals surface area contributed by atoms with Crippen LogP contribution in [0, 0.1) is 5.92 Å². The number of hydrogen-bond donors (Lipinski definition) is 2. The summed E-state index contributed by atoms with van der Waals surface area (Å²) >= 11 is 0. The maximum Gasteiger partial charge on any atom is 0.306 e. The van der Waals surface area contributed by atoms with Gasteiger partial charge in [0.2, 0.25) is 10.0 Å². The zero-order valence-corrected chi connectivity index (χ0v) is 10.4. The van der Waals surface area contributed by atoms with E-state index in [0.717, 1.165) is 0 Å². The lowest BCUT2D eigenvalue weighted by Crippen LogP contribution is -2.33. The van der Waals surface area contributed by atoms with E-state index in [-0.39, 0.29) is 10.9 Å². The molecule has 0 bridgehead atoms. The van der Waals surface area contributed by atoms with Crippen molar-refractivity contribution in [3.63, 3.8) is 0 Å². The largest absolute Gasteiger partial charge is 0.481 e. The number of rotatable bonds is 4. The molecule has 1 aliphatic rings. The van der Waals surface area contributed by atoms with Crippen molar-refractivity contribution in [2.45, 2.75) is 30.2 Å². The molecule has 2 unspecified atom stereocenters. The lowest BCUT2D eigenvalue weighted by Gasteiger charge is -2.12. The first kappa shape index (κ1) is 13.0. The summed E-state index contributed by atoms with van der Waals surface area (Å²) in [6.45, 7) is 0. The van der Waals surface area contributed by atoms with Gasteiger partial charge in [-0.1, -0.05) is 0 Å². The summed E-state index contributed by atoms with van der Waals surface area (Å²) in [7, 11) is -3.60. The molecule has 0 aromatic carbocycles. The number of pyridine rings is 1. The van der Waals surface area contributed by atoms with Crippen LogP contribution in [0.15, 0.2) is 29.4 Å². The van der Waals surface area contributed by atoms with Gasteiger partial charge in [-0.25, -0.2) is 13.1 Å². The van der Waals surface area contributed by atoms with Crippen molar-refractivity contribution in [1.82, 2.24) is 9.71 Å². The fourth-order valence-corrected chi connectivity index (χ4v) is 3.35. The van der Waals surface area contributed by atoms with Crippen molar-refractivity contribution >= 4 is 16.0 Å². The Hall–Kier alpha value is -1.47. The first-order valence-electron chi connectivity index (χ1n) is 5.64. The van der Waals surface area contributed by atoms with Gasteiger partial charge in [-0.05, 0) is 31.4 Å². The molecule has 0 saturated heterocycles. The fraction of sp³-hybridized carbons (Fsp3) is 0.455. The molecule has 0 aliphatic heterocycles. The highest BCUT2D eigenvalue weighted by atomic mass is 32.2. The molecule has 2 N–H and O–H groups in total. The number of hydrogen-bond acceptors (Lipinski definition) is 4. The van der Waals surface area contributed by atoms with Gasteiger partial charge in [0, 0.05) is 18.4 Å². The van der Waals surface area contributed by atoms with Crippen LogP contribution in [0.3, 0.4) is 0 Å². The van der Waals surface area contributed by atoms with Gasteiger partial charge in [-0.2, -0.15) is 0 Å². The minimum Gasteiger partial charge on any atom is -0.481 e. The maximum atomic E-state index is 12.0. The minimum absolute atomic E-state index is 0.101. The first-order chi connectivity index (χ1) is 8.49. The Morgan fingerprint density at radius 1 is 1.44 bits per heavy atom. The lowest BCUT2D eigenvalue weighted by atomic mass is 10.1. The Kier molecular flexibility index (Phi) is 3.63. The van der Waals surface area contributed by atoms with Crippen LogP contribution >= 0.6 is 0 Å². The normalized spacial score (nSPS) is 24.0. The van der Waals surface area contributed by atoms with Crippen LogP contribution in [-0.2, 0) is 14.8 Å². The molecule has 0 spiro atoms. The van der Waals surface area contributed by atoms with Crippen LogP contribution in [0.4, 0.5) is 0 Å². The Labute approximate surface area is 105 Å². The predicted octanol–water partition coefficient (Wildman–Crippen LogP) is 0.613. The number of carboxylic acids is 1. The third kappa shape index (κ3) is 2.85. The van der Waals surface area contributed by atoms with Crippen LogP contribution in [0.25, 0.3) is 0 Å². The fourth-order valence-electron chi connectivity index (χ4n) is 2.11. The lowest BCUT2D eigenvalue weighted by molar-refractivity contribution is -0.141. The van der Waals surface area contributed by atoms with E-state index < -0.39 is 21.9 Å². The highest BCUT2D eigenvalue weighted by Gasteiger charge is 2.32. The quantitative estimate of drug-likeness (QED) is 0.835. The van der Waals surface area contributed by atoms with E-state index in [4.69, 9.17) is 5.11 Å². The Bertz CT molecular complexity index is 529. The van der Waals surface area contributed by atoms with E-state index in [2.05, 4.69) is 9.71 Å². The maximum absolute atomic E-state index is 12.0. The Morgan fingerprint density at radius 3 is 2.78 bits per heavy atom. The van der Waals surface area contributed by atoms with Gasteiger partial charge in [-0.15, -0.1) is 0 Å². The van der Waals surface area contributed by atoms with Crippen molar-refractivity contribution < 1.29 is 18.3 Å². The third-order valence-electron chi connectivity index (χ3n) is 3.05. The SMILES string of the molecule is O=C(O)C1CCC(NS(=O)(=O)c2cccnc2)C1. The van der Waals surface area contributed by atoms with Crippen molar-refractivity contribution in [2.75, 3.05) is 0 Å². The summed E-state index contributed by atoms with van der Waals surface area (Å²) in [5.74, 6) is -1.32. The van der Waals surface area contributed by atoms with Gasteiger partial charge in [0.1, 0.15) is 4.90 Å². The number of sulfonamides is 1. The summed E-state index contributed by atoms with van der Waals surface area (Å²) < 4.78 is 26.5. The van der Waals surface area contributed by atoms with Gasteiger partial charge in [-0.3, -0.25) is 9.78 Å². The zero-order chi connectivity index (χ0) is 13.2. The number of aromatic nitrogens is 1. The second kappa shape index (κ2) is 5.03. The number of nitrogens with one attached hydrogen (secondary N) is 1. The van der Waals surface area contributed by atoms with Crippen molar-refractivity contribution in [3.8, 4) is 0 Å². The van der Waals surface area contributed by atoms with Crippen molar-refractivity contribution in [2.24, 2.45) is 5.92 Å². The molecular formula is C11H14N2O4S. The first-order valence-corrected chi connectivity index (χ1v) is 7.12. The van der Waals surface area contributed by atoms with Crippen LogP contribution in [0.2, 0.25) is 0 Å². The summed E-state index contributed by atoms with van der Waals surface area (Å²) in [5, 5.41) is 8.86. The van der Waals surface area contributed by atoms with E-state index in [1.807, 2.05) is 0 Å². The summed E-state index contributed by atoms with van der Waals surface area (Å²) in [4.78, 5) is 14.7. The van der Waals surface area contributed by atoms with E-state index in [0.29, 0.717) is 19.3 Å².